The van der Waals surface area contributed by atoms with Crippen molar-refractivity contribution in [2.24, 2.45) is 0 Å². The van der Waals surface area contributed by atoms with Crippen molar-refractivity contribution in [3.8, 4) is 0 Å². The zero-order valence-electron chi connectivity index (χ0n) is 4.48. The topological polar surface area (TPSA) is 20.2 Å². The molecule has 1 nitrogen and oxygen atoms in total. The van der Waals surface area contributed by atoms with Crippen molar-refractivity contribution in [2.75, 3.05) is 12.4 Å². The number of rotatable bonds is 3. The van der Waals surface area contributed by atoms with Crippen LogP contribution in [0.5, 0.6) is 0 Å². The lowest BCUT2D eigenvalue weighted by Crippen LogP contribution is -1.83. The lowest BCUT2D eigenvalue weighted by atomic mass is 10.8. The van der Waals surface area contributed by atoms with Crippen LogP contribution in [0, 0.1) is 0 Å². The standard InChI is InChI=1S/C5H10OS/c1-5(2)7-4-3-6/h6H,1,3-4H2,2H3. The third-order valence-corrected chi connectivity index (χ3v) is 1.32. The molecule has 7 heavy (non-hydrogen) atoms. The highest BCUT2D eigenvalue weighted by Gasteiger charge is 1.82. The Bertz CT molecular complexity index is 61.1. The largest absolute Gasteiger partial charge is 0.396 e. The van der Waals surface area contributed by atoms with Crippen molar-refractivity contribution < 1.29 is 5.11 Å². The summed E-state index contributed by atoms with van der Waals surface area (Å²) >= 11 is 1.59. The van der Waals surface area contributed by atoms with Gasteiger partial charge in [0.15, 0.2) is 0 Å². The Balaban J connectivity index is 2.82. The molecule has 0 saturated carbocycles. The monoisotopic (exact) mass is 118 g/mol. The maximum absolute atomic E-state index is 8.25. The highest BCUT2D eigenvalue weighted by Crippen LogP contribution is 2.09. The molecule has 0 bridgehead atoms. The fourth-order valence-electron chi connectivity index (χ4n) is 0.220. The Morgan fingerprint density at radius 2 is 2.43 bits per heavy atom. The molecule has 0 fully saturated rings. The van der Waals surface area contributed by atoms with Gasteiger partial charge in [-0.25, -0.2) is 0 Å². The maximum atomic E-state index is 8.25. The van der Waals surface area contributed by atoms with Crippen LogP contribution in [0.2, 0.25) is 0 Å². The molecule has 2 heteroatoms. The van der Waals surface area contributed by atoms with E-state index in [9.17, 15) is 0 Å². The van der Waals surface area contributed by atoms with E-state index in [0.717, 1.165) is 10.7 Å². The summed E-state index contributed by atoms with van der Waals surface area (Å²) in [7, 11) is 0. The summed E-state index contributed by atoms with van der Waals surface area (Å²) in [5.74, 6) is 0.773. The lowest BCUT2D eigenvalue weighted by Gasteiger charge is -1.91. The maximum Gasteiger partial charge on any atom is 0.0525 e. The van der Waals surface area contributed by atoms with Gasteiger partial charge in [0.1, 0.15) is 0 Å². The summed E-state index contributed by atoms with van der Waals surface area (Å²) < 4.78 is 0. The molecule has 0 rings (SSSR count). The van der Waals surface area contributed by atoms with Crippen molar-refractivity contribution in [1.82, 2.24) is 0 Å². The van der Waals surface area contributed by atoms with Gasteiger partial charge < -0.3 is 5.11 Å². The van der Waals surface area contributed by atoms with Gasteiger partial charge in [-0.3, -0.25) is 0 Å². The summed E-state index contributed by atoms with van der Waals surface area (Å²) in [5, 5.41) is 8.25. The SMILES string of the molecule is C=C(C)SCCO. The summed E-state index contributed by atoms with van der Waals surface area (Å²) in [4.78, 5) is 1.06. The minimum absolute atomic E-state index is 0.248. The molecule has 42 valence electrons. The third-order valence-electron chi connectivity index (χ3n) is 0.440. The van der Waals surface area contributed by atoms with Gasteiger partial charge in [0, 0.05) is 5.75 Å². The Kier molecular flexibility index (Phi) is 4.25. The average molecular weight is 118 g/mol. The number of aliphatic hydroxyl groups is 1. The molecule has 0 spiro atoms. The minimum atomic E-state index is 0.248. The summed E-state index contributed by atoms with van der Waals surface area (Å²) in [6.07, 6.45) is 0. The lowest BCUT2D eigenvalue weighted by molar-refractivity contribution is 0.322. The average Bonchev–Trinajstić information content (AvgIpc) is 1.61. The first-order valence-electron chi connectivity index (χ1n) is 2.16. The molecule has 0 atom stereocenters. The van der Waals surface area contributed by atoms with Crippen molar-refractivity contribution in [3.63, 3.8) is 0 Å². The van der Waals surface area contributed by atoms with E-state index in [1.54, 1.807) is 11.8 Å². The van der Waals surface area contributed by atoms with Gasteiger partial charge in [0.2, 0.25) is 0 Å². The van der Waals surface area contributed by atoms with Crippen LogP contribution in [0.1, 0.15) is 6.92 Å². The van der Waals surface area contributed by atoms with Gasteiger partial charge in [-0.1, -0.05) is 6.58 Å². The molecule has 0 aliphatic carbocycles. The molecule has 0 aliphatic heterocycles. The van der Waals surface area contributed by atoms with Crippen LogP contribution in [-0.4, -0.2) is 17.5 Å². The normalized spacial score (nSPS) is 8.86. The second kappa shape index (κ2) is 4.22. The smallest absolute Gasteiger partial charge is 0.0525 e. The van der Waals surface area contributed by atoms with Gasteiger partial charge in [0.25, 0.3) is 0 Å². The van der Waals surface area contributed by atoms with Gasteiger partial charge in [0.05, 0.1) is 6.61 Å². The van der Waals surface area contributed by atoms with E-state index in [1.807, 2.05) is 6.92 Å². The van der Waals surface area contributed by atoms with Gasteiger partial charge in [-0.2, -0.15) is 0 Å². The van der Waals surface area contributed by atoms with Gasteiger partial charge in [-0.15, -0.1) is 11.8 Å². The predicted octanol–water partition coefficient (Wildman–Crippen LogP) is 1.25. The number of hydrogen-bond donors (Lipinski definition) is 1. The molecule has 0 aromatic heterocycles. The van der Waals surface area contributed by atoms with Crippen molar-refractivity contribution in [2.45, 2.75) is 6.92 Å². The van der Waals surface area contributed by atoms with E-state index in [4.69, 9.17) is 5.11 Å². The fourth-order valence-corrected chi connectivity index (χ4v) is 0.660. The zero-order valence-corrected chi connectivity index (χ0v) is 5.29. The van der Waals surface area contributed by atoms with E-state index in [1.165, 1.54) is 0 Å². The molecule has 0 amide bonds. The van der Waals surface area contributed by atoms with E-state index in [-0.39, 0.29) is 6.61 Å². The molecule has 0 aromatic carbocycles. The first kappa shape index (κ1) is 7.05. The van der Waals surface area contributed by atoms with E-state index >= 15 is 0 Å². The first-order chi connectivity index (χ1) is 3.27. The molecule has 0 unspecified atom stereocenters. The van der Waals surface area contributed by atoms with Crippen LogP contribution in [0.15, 0.2) is 11.5 Å². The highest BCUT2D eigenvalue weighted by atomic mass is 32.2. The van der Waals surface area contributed by atoms with Crippen molar-refractivity contribution in [3.05, 3.63) is 11.5 Å². The van der Waals surface area contributed by atoms with Crippen molar-refractivity contribution in [1.29, 1.82) is 0 Å². The van der Waals surface area contributed by atoms with E-state index < -0.39 is 0 Å². The first-order valence-corrected chi connectivity index (χ1v) is 3.15. The highest BCUT2D eigenvalue weighted by molar-refractivity contribution is 8.03. The van der Waals surface area contributed by atoms with Crippen LogP contribution in [0.25, 0.3) is 0 Å². The Morgan fingerprint density at radius 3 is 2.57 bits per heavy atom. The predicted molar refractivity (Wildman–Crippen MR) is 34.4 cm³/mol. The van der Waals surface area contributed by atoms with Crippen LogP contribution in [-0.2, 0) is 0 Å². The fraction of sp³-hybridized carbons (Fsp3) is 0.600. The van der Waals surface area contributed by atoms with Crippen LogP contribution >= 0.6 is 11.8 Å². The van der Waals surface area contributed by atoms with Crippen LogP contribution in [0.4, 0.5) is 0 Å². The Hall–Kier alpha value is 0.0500. The quantitative estimate of drug-likeness (QED) is 0.601. The molecular weight excluding hydrogens is 108 g/mol. The third kappa shape index (κ3) is 6.05. The minimum Gasteiger partial charge on any atom is -0.396 e. The number of allylic oxidation sites excluding steroid dienone is 1. The molecule has 0 heterocycles. The molecule has 0 saturated heterocycles. The van der Waals surface area contributed by atoms with Gasteiger partial charge >= 0.3 is 0 Å². The van der Waals surface area contributed by atoms with Crippen LogP contribution in [0.3, 0.4) is 0 Å². The molecule has 1 N–H and O–H groups in total. The molecular formula is C5H10OS. The molecule has 0 aliphatic rings. The van der Waals surface area contributed by atoms with E-state index in [2.05, 4.69) is 6.58 Å². The molecule has 0 aromatic rings. The van der Waals surface area contributed by atoms with E-state index in [0.29, 0.717) is 0 Å². The number of aliphatic hydroxyl groups excluding tert-OH is 1. The second-order valence-electron chi connectivity index (χ2n) is 1.27. The Labute approximate surface area is 48.4 Å². The number of hydrogen-bond acceptors (Lipinski definition) is 2. The summed E-state index contributed by atoms with van der Waals surface area (Å²) in [6, 6.07) is 0. The summed E-state index contributed by atoms with van der Waals surface area (Å²) in [6.45, 7) is 5.82. The van der Waals surface area contributed by atoms with Crippen molar-refractivity contribution >= 4 is 11.8 Å². The Morgan fingerprint density at radius 1 is 1.86 bits per heavy atom. The summed E-state index contributed by atoms with van der Waals surface area (Å²) in [5.41, 5.74) is 0. The van der Waals surface area contributed by atoms with Crippen LogP contribution < -0.4 is 0 Å². The number of thioether (sulfide) groups is 1. The van der Waals surface area contributed by atoms with Gasteiger partial charge in [-0.05, 0) is 11.8 Å². The second-order valence-corrected chi connectivity index (χ2v) is 2.67. The zero-order chi connectivity index (χ0) is 5.70. The molecule has 0 radical (unpaired) electrons.